The fraction of sp³-hybridized carbons (Fsp3) is 0.250. The Hall–Kier alpha value is -2.17. The highest BCUT2D eigenvalue weighted by atomic mass is 32.1. The highest BCUT2D eigenvalue weighted by molar-refractivity contribution is 7.09. The molecule has 0 radical (unpaired) electrons. The van der Waals surface area contributed by atoms with E-state index in [1.807, 2.05) is 18.2 Å². The molecule has 1 N–H and O–H groups in total. The van der Waals surface area contributed by atoms with E-state index in [-0.39, 0.29) is 0 Å². The van der Waals surface area contributed by atoms with Crippen molar-refractivity contribution in [2.45, 2.75) is 26.5 Å². The maximum atomic E-state index is 5.77. The second-order valence-electron chi connectivity index (χ2n) is 5.75. The SMILES string of the molecule is Cc1ccc(OCc2nc(CNCCc3ccccc3)cs2)cc1. The fourth-order valence-corrected chi connectivity index (χ4v) is 3.07. The second kappa shape index (κ2) is 8.62. The van der Waals surface area contributed by atoms with Crippen molar-refractivity contribution < 1.29 is 4.74 Å². The minimum atomic E-state index is 0.526. The summed E-state index contributed by atoms with van der Waals surface area (Å²) in [5.74, 6) is 0.887. The summed E-state index contributed by atoms with van der Waals surface area (Å²) < 4.78 is 5.77. The molecule has 0 bridgehead atoms. The quantitative estimate of drug-likeness (QED) is 0.620. The Balaban J connectivity index is 1.39. The summed E-state index contributed by atoms with van der Waals surface area (Å²) >= 11 is 1.65. The molecule has 0 amide bonds. The van der Waals surface area contributed by atoms with E-state index in [4.69, 9.17) is 4.74 Å². The van der Waals surface area contributed by atoms with Crippen LogP contribution in [0.1, 0.15) is 21.8 Å². The topological polar surface area (TPSA) is 34.1 Å². The van der Waals surface area contributed by atoms with E-state index in [0.29, 0.717) is 6.61 Å². The molecule has 0 unspecified atom stereocenters. The van der Waals surface area contributed by atoms with Gasteiger partial charge in [0.15, 0.2) is 0 Å². The van der Waals surface area contributed by atoms with Crippen molar-refractivity contribution >= 4 is 11.3 Å². The summed E-state index contributed by atoms with van der Waals surface area (Å²) in [4.78, 5) is 4.62. The Kier molecular flexibility index (Phi) is 5.99. The molecule has 2 aromatic carbocycles. The number of thiazole rings is 1. The van der Waals surface area contributed by atoms with Crippen LogP contribution in [0.2, 0.25) is 0 Å². The smallest absolute Gasteiger partial charge is 0.140 e. The van der Waals surface area contributed by atoms with Gasteiger partial charge in [-0.1, -0.05) is 48.0 Å². The van der Waals surface area contributed by atoms with Crippen LogP contribution in [0.3, 0.4) is 0 Å². The molecule has 0 aliphatic rings. The first-order chi connectivity index (χ1) is 11.8. The number of hydrogen-bond donors (Lipinski definition) is 1. The fourth-order valence-electron chi connectivity index (χ4n) is 2.37. The first-order valence-corrected chi connectivity index (χ1v) is 9.05. The number of benzene rings is 2. The Morgan fingerprint density at radius 1 is 1.04 bits per heavy atom. The van der Waals surface area contributed by atoms with Gasteiger partial charge in [0.05, 0.1) is 5.69 Å². The van der Waals surface area contributed by atoms with Gasteiger partial charge in [-0.05, 0) is 37.6 Å². The van der Waals surface area contributed by atoms with Crippen LogP contribution in [0.4, 0.5) is 0 Å². The lowest BCUT2D eigenvalue weighted by Gasteiger charge is -2.04. The molecule has 124 valence electrons. The predicted octanol–water partition coefficient (Wildman–Crippen LogP) is 4.36. The van der Waals surface area contributed by atoms with Crippen molar-refractivity contribution in [2.75, 3.05) is 6.54 Å². The van der Waals surface area contributed by atoms with Gasteiger partial charge < -0.3 is 10.1 Å². The van der Waals surface area contributed by atoms with Crippen LogP contribution in [0.5, 0.6) is 5.75 Å². The van der Waals surface area contributed by atoms with Crippen molar-refractivity contribution in [3.05, 3.63) is 81.8 Å². The van der Waals surface area contributed by atoms with Crippen molar-refractivity contribution in [1.29, 1.82) is 0 Å². The lowest BCUT2D eigenvalue weighted by Crippen LogP contribution is -2.16. The maximum absolute atomic E-state index is 5.77. The van der Waals surface area contributed by atoms with E-state index < -0.39 is 0 Å². The summed E-state index contributed by atoms with van der Waals surface area (Å²) in [6.45, 7) is 4.35. The molecule has 3 rings (SSSR count). The number of nitrogens with one attached hydrogen (secondary N) is 1. The van der Waals surface area contributed by atoms with Crippen LogP contribution < -0.4 is 10.1 Å². The van der Waals surface area contributed by atoms with Crippen LogP contribution in [-0.2, 0) is 19.6 Å². The van der Waals surface area contributed by atoms with Gasteiger partial charge in [0.1, 0.15) is 17.4 Å². The normalized spacial score (nSPS) is 10.7. The van der Waals surface area contributed by atoms with E-state index in [2.05, 4.69) is 59.0 Å². The molecule has 0 aliphatic heterocycles. The highest BCUT2D eigenvalue weighted by Gasteiger charge is 2.03. The summed E-state index contributed by atoms with van der Waals surface area (Å²) in [7, 11) is 0. The molecule has 0 atom stereocenters. The van der Waals surface area contributed by atoms with Crippen molar-refractivity contribution in [1.82, 2.24) is 10.3 Å². The van der Waals surface area contributed by atoms with Crippen molar-refractivity contribution in [3.8, 4) is 5.75 Å². The van der Waals surface area contributed by atoms with Crippen LogP contribution in [-0.4, -0.2) is 11.5 Å². The minimum absolute atomic E-state index is 0.526. The number of aromatic nitrogens is 1. The van der Waals surface area contributed by atoms with Crippen LogP contribution in [0.15, 0.2) is 60.0 Å². The lowest BCUT2D eigenvalue weighted by molar-refractivity contribution is 0.305. The van der Waals surface area contributed by atoms with E-state index in [1.165, 1.54) is 11.1 Å². The van der Waals surface area contributed by atoms with Crippen LogP contribution >= 0.6 is 11.3 Å². The average molecular weight is 338 g/mol. The predicted molar refractivity (Wildman–Crippen MR) is 99.5 cm³/mol. The van der Waals surface area contributed by atoms with Crippen LogP contribution in [0.25, 0.3) is 0 Å². The number of nitrogens with zero attached hydrogens (tertiary/aromatic N) is 1. The Bertz CT molecular complexity index is 738. The molecule has 0 aliphatic carbocycles. The van der Waals surface area contributed by atoms with Crippen molar-refractivity contribution in [3.63, 3.8) is 0 Å². The molecule has 1 heterocycles. The molecule has 1 aromatic heterocycles. The second-order valence-corrected chi connectivity index (χ2v) is 6.69. The molecule has 0 saturated carbocycles. The third-order valence-corrected chi connectivity index (χ3v) is 4.59. The molecule has 4 heteroatoms. The molecule has 24 heavy (non-hydrogen) atoms. The Morgan fingerprint density at radius 3 is 2.62 bits per heavy atom. The van der Waals surface area contributed by atoms with Gasteiger partial charge in [0.2, 0.25) is 0 Å². The van der Waals surface area contributed by atoms with E-state index in [0.717, 1.165) is 36.0 Å². The van der Waals surface area contributed by atoms with Gasteiger partial charge in [-0.15, -0.1) is 11.3 Å². The average Bonchev–Trinajstić information content (AvgIpc) is 3.07. The van der Waals surface area contributed by atoms with E-state index in [1.54, 1.807) is 11.3 Å². The molecular weight excluding hydrogens is 316 g/mol. The number of rotatable bonds is 8. The van der Waals surface area contributed by atoms with Gasteiger partial charge in [0, 0.05) is 11.9 Å². The summed E-state index contributed by atoms with van der Waals surface area (Å²) in [6.07, 6.45) is 1.04. The zero-order chi connectivity index (χ0) is 16.6. The third kappa shape index (κ3) is 5.18. The zero-order valence-electron chi connectivity index (χ0n) is 13.9. The van der Waals surface area contributed by atoms with Gasteiger partial charge in [-0.2, -0.15) is 0 Å². The zero-order valence-corrected chi connectivity index (χ0v) is 14.7. The van der Waals surface area contributed by atoms with Crippen molar-refractivity contribution in [2.24, 2.45) is 0 Å². The Labute approximate surface area is 147 Å². The standard InChI is InChI=1S/C20H22N2OS/c1-16-7-9-19(10-8-16)23-14-20-22-18(15-24-20)13-21-12-11-17-5-3-2-4-6-17/h2-10,15,21H,11-14H2,1H3. The molecule has 3 nitrogen and oxygen atoms in total. The minimum Gasteiger partial charge on any atom is -0.486 e. The van der Waals surface area contributed by atoms with Crippen LogP contribution in [0, 0.1) is 6.92 Å². The van der Waals surface area contributed by atoms with Gasteiger partial charge in [-0.3, -0.25) is 0 Å². The number of hydrogen-bond acceptors (Lipinski definition) is 4. The van der Waals surface area contributed by atoms with E-state index >= 15 is 0 Å². The number of ether oxygens (including phenoxy) is 1. The molecular formula is C20H22N2OS. The lowest BCUT2D eigenvalue weighted by atomic mass is 10.1. The molecule has 0 spiro atoms. The summed E-state index contributed by atoms with van der Waals surface area (Å²) in [5.41, 5.74) is 3.67. The summed E-state index contributed by atoms with van der Waals surface area (Å²) in [6, 6.07) is 18.6. The number of aryl methyl sites for hydroxylation is 1. The van der Waals surface area contributed by atoms with Gasteiger partial charge >= 0.3 is 0 Å². The molecule has 3 aromatic rings. The monoisotopic (exact) mass is 338 g/mol. The third-order valence-electron chi connectivity index (χ3n) is 3.72. The van der Waals surface area contributed by atoms with E-state index in [9.17, 15) is 0 Å². The Morgan fingerprint density at radius 2 is 1.83 bits per heavy atom. The highest BCUT2D eigenvalue weighted by Crippen LogP contribution is 2.16. The largest absolute Gasteiger partial charge is 0.486 e. The maximum Gasteiger partial charge on any atom is 0.140 e. The van der Waals surface area contributed by atoms with Gasteiger partial charge in [0.25, 0.3) is 0 Å². The van der Waals surface area contributed by atoms with Gasteiger partial charge in [-0.25, -0.2) is 4.98 Å². The first-order valence-electron chi connectivity index (χ1n) is 8.17. The summed E-state index contributed by atoms with van der Waals surface area (Å²) in [5, 5.41) is 6.56. The first kappa shape index (κ1) is 16.7. The molecule has 0 saturated heterocycles. The molecule has 0 fully saturated rings.